The quantitative estimate of drug-likeness (QED) is 0.326. The van der Waals surface area contributed by atoms with Crippen molar-refractivity contribution in [1.29, 1.82) is 0 Å². The number of nitrogens with one attached hydrogen (secondary N) is 1. The predicted octanol–water partition coefficient (Wildman–Crippen LogP) is 5.35. The largest absolute Gasteiger partial charge is 0.480 e. The van der Waals surface area contributed by atoms with E-state index in [1.54, 1.807) is 9.80 Å². The molecule has 0 saturated carbocycles. The summed E-state index contributed by atoms with van der Waals surface area (Å²) in [5.74, 6) is -1.67. The highest BCUT2D eigenvalue weighted by molar-refractivity contribution is 7.16. The van der Waals surface area contributed by atoms with Gasteiger partial charge in [0.1, 0.15) is 6.33 Å². The lowest BCUT2D eigenvalue weighted by Crippen LogP contribution is -2.48. The first-order valence-electron chi connectivity index (χ1n) is 13.1. The van der Waals surface area contributed by atoms with Crippen LogP contribution in [0.1, 0.15) is 30.2 Å². The van der Waals surface area contributed by atoms with Crippen molar-refractivity contribution in [2.75, 3.05) is 49.5 Å². The molecule has 3 aromatic rings. The van der Waals surface area contributed by atoms with Gasteiger partial charge in [0.25, 0.3) is 0 Å². The molecule has 2 fully saturated rings. The standard InChI is InChI=1S/C26H28ClF4N7O2S/c1-15-3-2-4-38(15)12-19-22(16-9-17(26(29,30)31)11-18(27)10-16)34-25(41-19)35-23-21(28)24(33-14-32-23)37-7-5-36(6-8-37)13-20(39)40/h9-11,14-15H,2-8,12-13H2,1H3,(H,39,40)(H,32,33,34,35)/t15-/m1/s1. The van der Waals surface area contributed by atoms with Crippen LogP contribution in [0.5, 0.6) is 0 Å². The number of hydrogen-bond donors (Lipinski definition) is 2. The molecule has 5 rings (SSSR count). The molecule has 1 atom stereocenters. The Morgan fingerprint density at radius 1 is 1.17 bits per heavy atom. The first-order valence-corrected chi connectivity index (χ1v) is 14.3. The minimum Gasteiger partial charge on any atom is -0.480 e. The van der Waals surface area contributed by atoms with Crippen LogP contribution in [0.2, 0.25) is 5.02 Å². The summed E-state index contributed by atoms with van der Waals surface area (Å²) < 4.78 is 56.3. The van der Waals surface area contributed by atoms with Crippen LogP contribution < -0.4 is 10.2 Å². The number of carboxylic acids is 1. The Kier molecular flexibility index (Phi) is 8.64. The van der Waals surface area contributed by atoms with E-state index in [9.17, 15) is 18.0 Å². The molecule has 2 aliphatic heterocycles. The molecule has 0 bridgehead atoms. The van der Waals surface area contributed by atoms with Crippen molar-refractivity contribution in [3.63, 3.8) is 0 Å². The number of piperazine rings is 1. The summed E-state index contributed by atoms with van der Waals surface area (Å²) in [4.78, 5) is 30.2. The maximum Gasteiger partial charge on any atom is 0.416 e. The van der Waals surface area contributed by atoms with Gasteiger partial charge in [-0.25, -0.2) is 15.0 Å². The third-order valence-corrected chi connectivity index (χ3v) is 8.43. The lowest BCUT2D eigenvalue weighted by atomic mass is 10.1. The van der Waals surface area contributed by atoms with Gasteiger partial charge in [0, 0.05) is 54.2 Å². The number of carboxylic acid groups (broad SMARTS) is 1. The minimum atomic E-state index is -4.58. The SMILES string of the molecule is C[C@@H]1CCCN1Cc1sc(Nc2ncnc(N3CCN(CC(=O)O)CC3)c2F)nc1-c1cc(Cl)cc(C(F)(F)F)c1. The number of benzene rings is 1. The van der Waals surface area contributed by atoms with E-state index in [0.29, 0.717) is 44.5 Å². The molecule has 2 aliphatic rings. The molecule has 41 heavy (non-hydrogen) atoms. The number of hydrogen-bond acceptors (Lipinski definition) is 9. The van der Waals surface area contributed by atoms with Gasteiger partial charge in [-0.2, -0.15) is 17.6 Å². The number of likely N-dealkylation sites (tertiary alicyclic amines) is 1. The molecule has 0 unspecified atom stereocenters. The van der Waals surface area contributed by atoms with Crippen molar-refractivity contribution >= 4 is 45.7 Å². The second kappa shape index (κ2) is 12.0. The highest BCUT2D eigenvalue weighted by Gasteiger charge is 2.32. The Morgan fingerprint density at radius 2 is 1.93 bits per heavy atom. The summed E-state index contributed by atoms with van der Waals surface area (Å²) in [6.07, 6.45) is -1.32. The van der Waals surface area contributed by atoms with Crippen molar-refractivity contribution in [2.24, 2.45) is 0 Å². The second-order valence-corrected chi connectivity index (χ2v) is 11.6. The zero-order valence-electron chi connectivity index (χ0n) is 22.1. The first-order chi connectivity index (χ1) is 19.5. The van der Waals surface area contributed by atoms with E-state index in [2.05, 4.69) is 32.1 Å². The Balaban J connectivity index is 1.43. The number of alkyl halides is 3. The topological polar surface area (TPSA) is 97.7 Å². The molecule has 9 nitrogen and oxygen atoms in total. The summed E-state index contributed by atoms with van der Waals surface area (Å²) in [6.45, 7) is 4.99. The average molecular weight is 614 g/mol. The van der Waals surface area contributed by atoms with Crippen LogP contribution in [0.3, 0.4) is 0 Å². The van der Waals surface area contributed by atoms with Gasteiger partial charge in [-0.1, -0.05) is 22.9 Å². The van der Waals surface area contributed by atoms with E-state index < -0.39 is 23.5 Å². The maximum atomic E-state index is 15.6. The summed E-state index contributed by atoms with van der Waals surface area (Å²) in [7, 11) is 0. The lowest BCUT2D eigenvalue weighted by Gasteiger charge is -2.34. The number of thiazole rings is 1. The monoisotopic (exact) mass is 613 g/mol. The normalized spacial score (nSPS) is 18.7. The molecule has 0 spiro atoms. The van der Waals surface area contributed by atoms with Gasteiger partial charge < -0.3 is 15.3 Å². The van der Waals surface area contributed by atoms with Gasteiger partial charge in [-0.15, -0.1) is 0 Å². The van der Waals surface area contributed by atoms with Crippen LogP contribution in [-0.4, -0.2) is 81.1 Å². The second-order valence-electron chi connectivity index (χ2n) is 10.1. The first kappa shape index (κ1) is 29.4. The fraction of sp³-hybridized carbons (Fsp3) is 0.462. The molecule has 2 aromatic heterocycles. The molecule has 220 valence electrons. The smallest absolute Gasteiger partial charge is 0.416 e. The van der Waals surface area contributed by atoms with Crippen molar-refractivity contribution in [2.45, 2.75) is 38.5 Å². The fourth-order valence-electron chi connectivity index (χ4n) is 5.12. The molecule has 0 radical (unpaired) electrons. The van der Waals surface area contributed by atoms with Gasteiger partial charge in [-0.3, -0.25) is 14.6 Å². The van der Waals surface area contributed by atoms with E-state index in [0.717, 1.165) is 36.4 Å². The van der Waals surface area contributed by atoms with E-state index in [1.807, 2.05) is 0 Å². The molecule has 15 heteroatoms. The highest BCUT2D eigenvalue weighted by atomic mass is 35.5. The summed E-state index contributed by atoms with van der Waals surface area (Å²) >= 11 is 7.30. The maximum absolute atomic E-state index is 15.6. The third-order valence-electron chi connectivity index (χ3n) is 7.26. The lowest BCUT2D eigenvalue weighted by molar-refractivity contribution is -0.139. The molecule has 2 saturated heterocycles. The van der Waals surface area contributed by atoms with E-state index in [4.69, 9.17) is 16.7 Å². The van der Waals surface area contributed by atoms with Crippen molar-refractivity contribution in [3.05, 3.63) is 45.8 Å². The van der Waals surface area contributed by atoms with Crippen LogP contribution in [-0.2, 0) is 17.5 Å². The van der Waals surface area contributed by atoms with Gasteiger partial charge in [0.2, 0.25) is 5.82 Å². The van der Waals surface area contributed by atoms with Gasteiger partial charge in [0.15, 0.2) is 16.8 Å². The number of carbonyl (C=O) groups is 1. The van der Waals surface area contributed by atoms with Crippen LogP contribution in [0.4, 0.5) is 34.3 Å². The van der Waals surface area contributed by atoms with Crippen LogP contribution in [0, 0.1) is 5.82 Å². The Hall–Kier alpha value is -3.07. The molecule has 0 aliphatic carbocycles. The fourth-order valence-corrected chi connectivity index (χ4v) is 6.36. The molecule has 1 aromatic carbocycles. The number of nitrogens with zero attached hydrogens (tertiary/aromatic N) is 6. The van der Waals surface area contributed by atoms with E-state index in [1.165, 1.54) is 23.7 Å². The molecule has 2 N–H and O–H groups in total. The number of rotatable bonds is 8. The van der Waals surface area contributed by atoms with Crippen molar-refractivity contribution < 1.29 is 27.5 Å². The number of anilines is 3. The predicted molar refractivity (Wildman–Crippen MR) is 148 cm³/mol. The summed E-state index contributed by atoms with van der Waals surface area (Å²) in [6, 6.07) is 3.65. The molecule has 0 amide bonds. The molecular formula is C26H28ClF4N7O2S. The van der Waals surface area contributed by atoms with E-state index in [-0.39, 0.29) is 33.9 Å². The number of aromatic nitrogens is 3. The number of aliphatic carboxylic acids is 1. The zero-order valence-corrected chi connectivity index (χ0v) is 23.7. The number of halogens is 5. The Labute approximate surface area is 242 Å². The van der Waals surface area contributed by atoms with Crippen molar-refractivity contribution in [3.8, 4) is 11.3 Å². The van der Waals surface area contributed by atoms with Gasteiger partial charge in [0.05, 0.1) is 17.8 Å². The molecular weight excluding hydrogens is 586 g/mol. The van der Waals surface area contributed by atoms with Crippen molar-refractivity contribution in [1.82, 2.24) is 24.8 Å². The Bertz CT molecular complexity index is 1410. The van der Waals surface area contributed by atoms with E-state index >= 15 is 4.39 Å². The summed E-state index contributed by atoms with van der Waals surface area (Å²) in [5.41, 5.74) is -0.314. The van der Waals surface area contributed by atoms with Crippen LogP contribution >= 0.6 is 22.9 Å². The van der Waals surface area contributed by atoms with Crippen LogP contribution in [0.15, 0.2) is 24.5 Å². The third kappa shape index (κ3) is 6.88. The average Bonchev–Trinajstić information content (AvgIpc) is 3.50. The zero-order chi connectivity index (χ0) is 29.3. The van der Waals surface area contributed by atoms with Gasteiger partial charge >= 0.3 is 12.1 Å². The van der Waals surface area contributed by atoms with Gasteiger partial charge in [-0.05, 0) is 44.5 Å². The molecule has 4 heterocycles. The van der Waals surface area contributed by atoms with Crippen LogP contribution in [0.25, 0.3) is 11.3 Å². The minimum absolute atomic E-state index is 0.0623. The Morgan fingerprint density at radius 3 is 2.59 bits per heavy atom. The highest BCUT2D eigenvalue weighted by Crippen LogP contribution is 2.39. The summed E-state index contributed by atoms with van der Waals surface area (Å²) in [5, 5.41) is 12.1.